The summed E-state index contributed by atoms with van der Waals surface area (Å²) in [5, 5.41) is 5.27. The van der Waals surface area contributed by atoms with Gasteiger partial charge in [0.25, 0.3) is 0 Å². The van der Waals surface area contributed by atoms with Crippen LogP contribution in [0.15, 0.2) is 103 Å². The standard InChI is InChI=1S/C38H32/c1-23-17-18-29-32(22-23)36(28-12-7-6-11-27(28)35(29)26-20-24(2)19-25(3)21-26)31-14-10-16-34-37(31)30-13-8-9-15-33(30)38(34,4)5/h6-22H,1-5H3. The molecule has 0 aliphatic heterocycles. The lowest BCUT2D eigenvalue weighted by atomic mass is 9.80. The minimum Gasteiger partial charge on any atom is -0.0619 e. The Morgan fingerprint density at radius 3 is 1.79 bits per heavy atom. The van der Waals surface area contributed by atoms with Gasteiger partial charge in [0.1, 0.15) is 0 Å². The Morgan fingerprint density at radius 2 is 1.03 bits per heavy atom. The van der Waals surface area contributed by atoms with E-state index in [1.165, 1.54) is 82.7 Å². The summed E-state index contributed by atoms with van der Waals surface area (Å²) in [5.74, 6) is 0. The highest BCUT2D eigenvalue weighted by Crippen LogP contribution is 2.54. The zero-order chi connectivity index (χ0) is 26.2. The van der Waals surface area contributed by atoms with E-state index in [4.69, 9.17) is 0 Å². The Bertz CT molecular complexity index is 1900. The van der Waals surface area contributed by atoms with Crippen molar-refractivity contribution in [1.29, 1.82) is 0 Å². The van der Waals surface area contributed by atoms with E-state index >= 15 is 0 Å². The molecule has 1 aliphatic carbocycles. The molecule has 184 valence electrons. The Kier molecular flexibility index (Phi) is 4.94. The van der Waals surface area contributed by atoms with Crippen LogP contribution in [0.4, 0.5) is 0 Å². The second kappa shape index (κ2) is 8.17. The maximum atomic E-state index is 2.40. The first-order valence-corrected chi connectivity index (χ1v) is 13.6. The number of hydrogen-bond acceptors (Lipinski definition) is 0. The van der Waals surface area contributed by atoms with Crippen molar-refractivity contribution < 1.29 is 0 Å². The maximum absolute atomic E-state index is 2.40. The predicted molar refractivity (Wildman–Crippen MR) is 164 cm³/mol. The van der Waals surface area contributed by atoms with Gasteiger partial charge in [-0.15, -0.1) is 0 Å². The summed E-state index contributed by atoms with van der Waals surface area (Å²) in [6.07, 6.45) is 0. The summed E-state index contributed by atoms with van der Waals surface area (Å²) < 4.78 is 0. The molecule has 0 heteroatoms. The quantitative estimate of drug-likeness (QED) is 0.213. The molecule has 0 nitrogen and oxygen atoms in total. The molecule has 0 unspecified atom stereocenters. The van der Waals surface area contributed by atoms with E-state index in [1.807, 2.05) is 0 Å². The van der Waals surface area contributed by atoms with E-state index in [0.717, 1.165) is 0 Å². The van der Waals surface area contributed by atoms with Gasteiger partial charge < -0.3 is 0 Å². The number of hydrogen-bond donors (Lipinski definition) is 0. The van der Waals surface area contributed by atoms with E-state index in [-0.39, 0.29) is 5.41 Å². The lowest BCUT2D eigenvalue weighted by Crippen LogP contribution is -2.14. The van der Waals surface area contributed by atoms with Crippen molar-refractivity contribution in [2.45, 2.75) is 40.0 Å². The molecule has 0 spiro atoms. The normalized spacial score (nSPS) is 13.6. The Morgan fingerprint density at radius 1 is 0.421 bits per heavy atom. The van der Waals surface area contributed by atoms with Gasteiger partial charge in [0, 0.05) is 5.41 Å². The average Bonchev–Trinajstić information content (AvgIpc) is 3.14. The first-order chi connectivity index (χ1) is 18.3. The highest BCUT2D eigenvalue weighted by atomic mass is 14.4. The minimum absolute atomic E-state index is 0.0253. The zero-order valence-corrected chi connectivity index (χ0v) is 22.8. The molecule has 0 atom stereocenters. The Labute approximate surface area is 225 Å². The third kappa shape index (κ3) is 3.23. The summed E-state index contributed by atoms with van der Waals surface area (Å²) in [5.41, 5.74) is 14.8. The Balaban J connectivity index is 1.68. The number of fused-ring (bicyclic) bond motifs is 5. The molecular formula is C38H32. The van der Waals surface area contributed by atoms with Crippen molar-refractivity contribution in [2.24, 2.45) is 0 Å². The monoisotopic (exact) mass is 488 g/mol. The van der Waals surface area contributed by atoms with Crippen LogP contribution in [0.3, 0.4) is 0 Å². The second-order valence-corrected chi connectivity index (χ2v) is 11.6. The number of benzene rings is 6. The molecule has 0 saturated carbocycles. The predicted octanol–water partition coefficient (Wildman–Crippen LogP) is 10.6. The third-order valence-electron chi connectivity index (χ3n) is 8.57. The maximum Gasteiger partial charge on any atom is 0.0159 e. The van der Waals surface area contributed by atoms with Crippen LogP contribution in [-0.4, -0.2) is 0 Å². The summed E-state index contributed by atoms with van der Waals surface area (Å²) in [6.45, 7) is 11.3. The van der Waals surface area contributed by atoms with Crippen molar-refractivity contribution >= 4 is 21.5 Å². The van der Waals surface area contributed by atoms with Gasteiger partial charge in [0.15, 0.2) is 0 Å². The fourth-order valence-electron chi connectivity index (χ4n) is 6.98. The fourth-order valence-corrected chi connectivity index (χ4v) is 6.98. The molecule has 0 aromatic heterocycles. The molecule has 6 aromatic carbocycles. The van der Waals surface area contributed by atoms with Gasteiger partial charge in [-0.05, 0) is 86.8 Å². The molecule has 0 amide bonds. The first kappa shape index (κ1) is 23.0. The van der Waals surface area contributed by atoms with Crippen LogP contribution in [0, 0.1) is 20.8 Å². The van der Waals surface area contributed by atoms with Crippen LogP contribution >= 0.6 is 0 Å². The zero-order valence-electron chi connectivity index (χ0n) is 22.8. The first-order valence-electron chi connectivity index (χ1n) is 13.6. The molecule has 0 radical (unpaired) electrons. The van der Waals surface area contributed by atoms with Crippen molar-refractivity contribution in [3.05, 3.63) is 131 Å². The largest absolute Gasteiger partial charge is 0.0619 e. The van der Waals surface area contributed by atoms with Gasteiger partial charge in [0.2, 0.25) is 0 Å². The van der Waals surface area contributed by atoms with Gasteiger partial charge in [-0.2, -0.15) is 0 Å². The van der Waals surface area contributed by atoms with Crippen molar-refractivity contribution in [3.63, 3.8) is 0 Å². The highest BCUT2D eigenvalue weighted by Gasteiger charge is 2.37. The summed E-state index contributed by atoms with van der Waals surface area (Å²) in [6, 6.07) is 38.9. The van der Waals surface area contributed by atoms with Crippen LogP contribution in [0.2, 0.25) is 0 Å². The van der Waals surface area contributed by atoms with E-state index in [2.05, 4.69) is 138 Å². The fraction of sp³-hybridized carbons (Fsp3) is 0.158. The van der Waals surface area contributed by atoms with E-state index in [1.54, 1.807) is 0 Å². The number of rotatable bonds is 2. The highest BCUT2D eigenvalue weighted by molar-refractivity contribution is 6.22. The van der Waals surface area contributed by atoms with Crippen molar-refractivity contribution in [2.75, 3.05) is 0 Å². The van der Waals surface area contributed by atoms with Gasteiger partial charge in [-0.25, -0.2) is 0 Å². The minimum atomic E-state index is -0.0253. The van der Waals surface area contributed by atoms with Crippen LogP contribution in [0.25, 0.3) is 54.9 Å². The van der Waals surface area contributed by atoms with E-state index in [0.29, 0.717) is 0 Å². The molecule has 38 heavy (non-hydrogen) atoms. The lowest BCUT2D eigenvalue weighted by Gasteiger charge is -2.23. The smallest absolute Gasteiger partial charge is 0.0159 e. The van der Waals surface area contributed by atoms with Crippen LogP contribution in [-0.2, 0) is 5.41 Å². The van der Waals surface area contributed by atoms with Gasteiger partial charge >= 0.3 is 0 Å². The average molecular weight is 489 g/mol. The van der Waals surface area contributed by atoms with Crippen molar-refractivity contribution in [1.82, 2.24) is 0 Å². The molecular weight excluding hydrogens is 456 g/mol. The van der Waals surface area contributed by atoms with Gasteiger partial charge in [0.05, 0.1) is 0 Å². The molecule has 0 saturated heterocycles. The topological polar surface area (TPSA) is 0 Å². The summed E-state index contributed by atoms with van der Waals surface area (Å²) >= 11 is 0. The van der Waals surface area contributed by atoms with Crippen LogP contribution in [0.1, 0.15) is 41.7 Å². The molecule has 0 fully saturated rings. The molecule has 7 rings (SSSR count). The SMILES string of the molecule is Cc1cc(C)cc(-c2c3ccccc3c(-c3cccc4c3-c3ccccc3C4(C)C)c3cc(C)ccc23)c1. The molecule has 0 heterocycles. The number of aryl methyl sites for hydroxylation is 3. The van der Waals surface area contributed by atoms with E-state index in [9.17, 15) is 0 Å². The van der Waals surface area contributed by atoms with E-state index < -0.39 is 0 Å². The molecule has 1 aliphatic rings. The van der Waals surface area contributed by atoms with Gasteiger partial charge in [-0.3, -0.25) is 0 Å². The van der Waals surface area contributed by atoms with Crippen LogP contribution < -0.4 is 0 Å². The molecule has 6 aromatic rings. The molecule has 0 N–H and O–H groups in total. The van der Waals surface area contributed by atoms with Crippen LogP contribution in [0.5, 0.6) is 0 Å². The lowest BCUT2D eigenvalue weighted by molar-refractivity contribution is 0.660. The molecule has 0 bridgehead atoms. The third-order valence-corrected chi connectivity index (χ3v) is 8.57. The second-order valence-electron chi connectivity index (χ2n) is 11.6. The Hall–Kier alpha value is -4.16. The van der Waals surface area contributed by atoms with Crippen molar-refractivity contribution in [3.8, 4) is 33.4 Å². The summed E-state index contributed by atoms with van der Waals surface area (Å²) in [7, 11) is 0. The summed E-state index contributed by atoms with van der Waals surface area (Å²) in [4.78, 5) is 0. The van der Waals surface area contributed by atoms with Gasteiger partial charge in [-0.1, -0.05) is 134 Å².